The minimum atomic E-state index is -3.39. The molecule has 4 nitrogen and oxygen atoms in total. The van der Waals surface area contributed by atoms with Crippen molar-refractivity contribution in [2.24, 2.45) is 0 Å². The number of rotatable bonds is 9. The van der Waals surface area contributed by atoms with Crippen molar-refractivity contribution in [2.45, 2.75) is 26.2 Å². The lowest BCUT2D eigenvalue weighted by Crippen LogP contribution is -2.19. The van der Waals surface area contributed by atoms with Gasteiger partial charge in [0.25, 0.3) is 0 Å². The molecule has 0 aliphatic heterocycles. The zero-order valence-electron chi connectivity index (χ0n) is 11.2. The van der Waals surface area contributed by atoms with Gasteiger partial charge >= 0.3 is 0 Å². The molecule has 0 fully saturated rings. The van der Waals surface area contributed by atoms with Gasteiger partial charge in [0.15, 0.2) is 0 Å². The molecule has 0 aromatic heterocycles. The summed E-state index contributed by atoms with van der Waals surface area (Å²) in [6.07, 6.45) is 2.46. The van der Waals surface area contributed by atoms with E-state index < -0.39 is 15.8 Å². The number of benzene rings is 1. The van der Waals surface area contributed by atoms with Crippen molar-refractivity contribution in [1.29, 1.82) is 0 Å². The van der Waals surface area contributed by atoms with E-state index in [2.05, 4.69) is 17.0 Å². The van der Waals surface area contributed by atoms with E-state index >= 15 is 0 Å². The predicted octanol–water partition coefficient (Wildman–Crippen LogP) is 2.35. The molecule has 0 heterocycles. The molecule has 0 atom stereocenters. The Bertz CT molecular complexity index is 477. The minimum absolute atomic E-state index is 0.0529. The zero-order chi connectivity index (χ0) is 14.1. The van der Waals surface area contributed by atoms with Crippen LogP contribution in [-0.4, -0.2) is 27.3 Å². The summed E-state index contributed by atoms with van der Waals surface area (Å²) in [6.45, 7) is 3.86. The molecule has 0 unspecified atom stereocenters. The quantitative estimate of drug-likeness (QED) is 0.686. The number of anilines is 1. The van der Waals surface area contributed by atoms with Crippen LogP contribution < -0.4 is 10.0 Å². The average Bonchev–Trinajstić information content (AvgIpc) is 2.33. The second-order valence-corrected chi connectivity index (χ2v) is 6.23. The highest BCUT2D eigenvalue weighted by molar-refractivity contribution is 7.92. The maximum absolute atomic E-state index is 12.9. The van der Waals surface area contributed by atoms with Crippen LogP contribution in [0.1, 0.15) is 26.2 Å². The molecule has 108 valence electrons. The number of sulfonamides is 1. The van der Waals surface area contributed by atoms with Crippen LogP contribution in [0.4, 0.5) is 10.1 Å². The number of halogens is 1. The van der Waals surface area contributed by atoms with Gasteiger partial charge in [-0.3, -0.25) is 4.72 Å². The lowest BCUT2D eigenvalue weighted by molar-refractivity contribution is 0.590. The molecule has 0 radical (unpaired) electrons. The molecule has 1 aromatic rings. The van der Waals surface area contributed by atoms with Crippen LogP contribution in [-0.2, 0) is 10.0 Å². The summed E-state index contributed by atoms with van der Waals surface area (Å²) in [7, 11) is -3.39. The molecule has 6 heteroatoms. The van der Waals surface area contributed by atoms with Gasteiger partial charge in [-0.15, -0.1) is 0 Å². The van der Waals surface area contributed by atoms with E-state index in [0.717, 1.165) is 25.9 Å². The number of nitrogens with one attached hydrogen (secondary N) is 2. The second kappa shape index (κ2) is 8.12. The third-order valence-corrected chi connectivity index (χ3v) is 3.91. The summed E-state index contributed by atoms with van der Waals surface area (Å²) in [5.41, 5.74) is 0.268. The van der Waals surface area contributed by atoms with Gasteiger partial charge in [-0.2, -0.15) is 0 Å². The Morgan fingerprint density at radius 3 is 2.68 bits per heavy atom. The Morgan fingerprint density at radius 1 is 1.21 bits per heavy atom. The Labute approximate surface area is 114 Å². The van der Waals surface area contributed by atoms with E-state index in [0.29, 0.717) is 6.42 Å². The second-order valence-electron chi connectivity index (χ2n) is 4.39. The van der Waals surface area contributed by atoms with Crippen molar-refractivity contribution in [3.05, 3.63) is 30.1 Å². The molecule has 0 aliphatic rings. The van der Waals surface area contributed by atoms with Crippen LogP contribution in [0.2, 0.25) is 0 Å². The SMILES string of the molecule is CCCNCCCCS(=O)(=O)Nc1cccc(F)c1. The van der Waals surface area contributed by atoms with Crippen LogP contribution in [0.5, 0.6) is 0 Å². The molecule has 0 saturated carbocycles. The fraction of sp³-hybridized carbons (Fsp3) is 0.538. The van der Waals surface area contributed by atoms with Gasteiger partial charge < -0.3 is 5.32 Å². The predicted molar refractivity (Wildman–Crippen MR) is 76.2 cm³/mol. The lowest BCUT2D eigenvalue weighted by Gasteiger charge is -2.08. The molecule has 0 amide bonds. The highest BCUT2D eigenvalue weighted by Crippen LogP contribution is 2.11. The summed E-state index contributed by atoms with van der Waals surface area (Å²) in [6, 6.07) is 5.45. The molecule has 0 bridgehead atoms. The van der Waals surface area contributed by atoms with Gasteiger partial charge in [0, 0.05) is 0 Å². The van der Waals surface area contributed by atoms with Crippen molar-refractivity contribution in [3.63, 3.8) is 0 Å². The normalized spacial score (nSPS) is 11.5. The summed E-state index contributed by atoms with van der Waals surface area (Å²) >= 11 is 0. The molecular formula is C13H21FN2O2S. The standard InChI is InChI=1S/C13H21FN2O2S/c1-2-8-15-9-3-4-10-19(17,18)16-13-7-5-6-12(14)11-13/h5-7,11,15-16H,2-4,8-10H2,1H3. The van der Waals surface area contributed by atoms with E-state index in [-0.39, 0.29) is 11.4 Å². The van der Waals surface area contributed by atoms with Crippen molar-refractivity contribution >= 4 is 15.7 Å². The topological polar surface area (TPSA) is 58.2 Å². The highest BCUT2D eigenvalue weighted by Gasteiger charge is 2.10. The van der Waals surface area contributed by atoms with Gasteiger partial charge in [0.2, 0.25) is 10.0 Å². The molecule has 1 rings (SSSR count). The van der Waals surface area contributed by atoms with E-state index in [1.807, 2.05) is 0 Å². The molecule has 1 aromatic carbocycles. The smallest absolute Gasteiger partial charge is 0.232 e. The summed E-state index contributed by atoms with van der Waals surface area (Å²) < 4.78 is 38.8. The lowest BCUT2D eigenvalue weighted by atomic mass is 10.3. The minimum Gasteiger partial charge on any atom is -0.317 e. The first kappa shape index (κ1) is 15.9. The van der Waals surface area contributed by atoms with Crippen molar-refractivity contribution in [2.75, 3.05) is 23.6 Å². The van der Waals surface area contributed by atoms with E-state index in [9.17, 15) is 12.8 Å². The molecule has 19 heavy (non-hydrogen) atoms. The fourth-order valence-corrected chi connectivity index (χ4v) is 2.80. The summed E-state index contributed by atoms with van der Waals surface area (Å²) in [4.78, 5) is 0. The Balaban J connectivity index is 2.32. The van der Waals surface area contributed by atoms with Crippen molar-refractivity contribution in [1.82, 2.24) is 5.32 Å². The number of unbranched alkanes of at least 4 members (excludes halogenated alkanes) is 1. The molecule has 0 saturated heterocycles. The summed E-state index contributed by atoms with van der Waals surface area (Å²) in [5.74, 6) is -0.402. The molecule has 0 spiro atoms. The monoisotopic (exact) mass is 288 g/mol. The largest absolute Gasteiger partial charge is 0.317 e. The molecule has 2 N–H and O–H groups in total. The highest BCUT2D eigenvalue weighted by atomic mass is 32.2. The van der Waals surface area contributed by atoms with Crippen LogP contribution in [0.3, 0.4) is 0 Å². The van der Waals surface area contributed by atoms with Gasteiger partial charge in [0.1, 0.15) is 5.82 Å². The van der Waals surface area contributed by atoms with E-state index in [1.165, 1.54) is 24.3 Å². The van der Waals surface area contributed by atoms with Crippen molar-refractivity contribution in [3.8, 4) is 0 Å². The Kier molecular flexibility index (Phi) is 6.80. The maximum atomic E-state index is 12.9. The summed E-state index contributed by atoms with van der Waals surface area (Å²) in [5, 5.41) is 3.21. The van der Waals surface area contributed by atoms with Crippen LogP contribution in [0, 0.1) is 5.82 Å². The van der Waals surface area contributed by atoms with E-state index in [1.54, 1.807) is 0 Å². The first-order chi connectivity index (χ1) is 9.03. The fourth-order valence-electron chi connectivity index (χ4n) is 1.63. The Hall–Kier alpha value is -1.14. The van der Waals surface area contributed by atoms with Crippen LogP contribution in [0.25, 0.3) is 0 Å². The van der Waals surface area contributed by atoms with Gasteiger partial charge in [-0.05, 0) is 50.6 Å². The van der Waals surface area contributed by atoms with Gasteiger partial charge in [-0.25, -0.2) is 12.8 Å². The first-order valence-electron chi connectivity index (χ1n) is 6.50. The molecule has 0 aliphatic carbocycles. The number of hydrogen-bond donors (Lipinski definition) is 2. The third kappa shape index (κ3) is 7.12. The number of hydrogen-bond acceptors (Lipinski definition) is 3. The third-order valence-electron chi connectivity index (χ3n) is 2.54. The first-order valence-corrected chi connectivity index (χ1v) is 8.15. The average molecular weight is 288 g/mol. The van der Waals surface area contributed by atoms with Gasteiger partial charge in [-0.1, -0.05) is 13.0 Å². The molecular weight excluding hydrogens is 267 g/mol. The van der Waals surface area contributed by atoms with Crippen molar-refractivity contribution < 1.29 is 12.8 Å². The maximum Gasteiger partial charge on any atom is 0.232 e. The van der Waals surface area contributed by atoms with Gasteiger partial charge in [0.05, 0.1) is 11.4 Å². The zero-order valence-corrected chi connectivity index (χ0v) is 12.0. The van der Waals surface area contributed by atoms with Crippen LogP contribution in [0.15, 0.2) is 24.3 Å². The Morgan fingerprint density at radius 2 is 2.00 bits per heavy atom. The van der Waals surface area contributed by atoms with Crippen LogP contribution >= 0.6 is 0 Å². The van der Waals surface area contributed by atoms with E-state index in [4.69, 9.17) is 0 Å².